The third-order valence-corrected chi connectivity index (χ3v) is 20.5. The highest BCUT2D eigenvalue weighted by Crippen LogP contribution is 2.57. The molecular formula is C78H42N2O2S2. The van der Waals surface area contributed by atoms with E-state index < -0.39 is 0 Å². The van der Waals surface area contributed by atoms with Gasteiger partial charge in [-0.05, 0) is 194 Å². The van der Waals surface area contributed by atoms with E-state index in [1.807, 2.05) is 22.7 Å². The highest BCUT2D eigenvalue weighted by molar-refractivity contribution is 7.26. The number of thiophene rings is 2. The number of benzene rings is 16. The highest BCUT2D eigenvalue weighted by Gasteiger charge is 2.31. The summed E-state index contributed by atoms with van der Waals surface area (Å²) in [6.45, 7) is 0. The summed E-state index contributed by atoms with van der Waals surface area (Å²) in [7, 11) is 0. The third-order valence-electron chi connectivity index (χ3n) is 18.3. The van der Waals surface area contributed by atoms with Crippen LogP contribution >= 0.6 is 22.7 Å². The van der Waals surface area contributed by atoms with Crippen LogP contribution in [0.25, 0.3) is 137 Å². The van der Waals surface area contributed by atoms with Crippen LogP contribution in [-0.2, 0) is 0 Å². The fraction of sp³-hybridized carbons (Fsp3) is 0. The third kappa shape index (κ3) is 6.14. The van der Waals surface area contributed by atoms with Crippen molar-refractivity contribution < 1.29 is 9.47 Å². The molecule has 84 heavy (non-hydrogen) atoms. The zero-order valence-corrected chi connectivity index (χ0v) is 46.4. The minimum atomic E-state index is 0.832. The first-order valence-electron chi connectivity index (χ1n) is 28.6. The predicted octanol–water partition coefficient (Wildman–Crippen LogP) is 24.0. The van der Waals surface area contributed by atoms with Gasteiger partial charge in [-0.15, -0.1) is 22.7 Å². The number of anilines is 6. The summed E-state index contributed by atoms with van der Waals surface area (Å²) in [6.07, 6.45) is 0. The Morgan fingerprint density at radius 1 is 0.190 bits per heavy atom. The van der Waals surface area contributed by atoms with E-state index in [0.29, 0.717) is 0 Å². The number of rotatable bonds is 2. The van der Waals surface area contributed by atoms with Gasteiger partial charge in [0.25, 0.3) is 0 Å². The molecule has 0 radical (unpaired) electrons. The normalized spacial score (nSPS) is 13.1. The first-order chi connectivity index (χ1) is 41.6. The second-order valence-electron chi connectivity index (χ2n) is 22.6. The predicted molar refractivity (Wildman–Crippen MR) is 359 cm³/mol. The Labute approximate surface area is 488 Å². The molecule has 2 aliphatic heterocycles. The van der Waals surface area contributed by atoms with Crippen LogP contribution in [0, 0.1) is 0 Å². The van der Waals surface area contributed by atoms with Crippen LogP contribution in [0.15, 0.2) is 255 Å². The van der Waals surface area contributed by atoms with Crippen LogP contribution in [0.2, 0.25) is 0 Å². The van der Waals surface area contributed by atoms with Crippen LogP contribution < -0.4 is 19.3 Å². The number of fused-ring (bicyclic) bond motifs is 28. The van der Waals surface area contributed by atoms with Gasteiger partial charge >= 0.3 is 0 Å². The lowest BCUT2D eigenvalue weighted by Crippen LogP contribution is -2.16. The lowest BCUT2D eigenvalue weighted by atomic mass is 9.93. The Morgan fingerprint density at radius 2 is 0.464 bits per heavy atom. The summed E-state index contributed by atoms with van der Waals surface area (Å²) in [4.78, 5) is 4.81. The van der Waals surface area contributed by atoms with E-state index in [1.54, 1.807) is 0 Å². The summed E-state index contributed by atoms with van der Waals surface area (Å²) in [5.74, 6) is 3.35. The fourth-order valence-electron chi connectivity index (χ4n) is 14.6. The average molecular weight is 1100 g/mol. The molecule has 0 saturated heterocycles. The Kier molecular flexibility index (Phi) is 8.91. The van der Waals surface area contributed by atoms with Crippen LogP contribution in [-0.4, -0.2) is 0 Å². The molecule has 16 aromatic carbocycles. The van der Waals surface area contributed by atoms with Crippen LogP contribution in [0.5, 0.6) is 23.0 Å². The topological polar surface area (TPSA) is 24.9 Å². The van der Waals surface area contributed by atoms with Gasteiger partial charge in [0.15, 0.2) is 23.0 Å². The van der Waals surface area contributed by atoms with Gasteiger partial charge in [0.05, 0.1) is 22.7 Å². The van der Waals surface area contributed by atoms with Gasteiger partial charge < -0.3 is 19.3 Å². The SMILES string of the molecule is c1ccc2c(c1)Oc1cc3c(cc1N2c1ccc2c4ccc(N5c6ccccc6Oc6cc7c(cc65)sc5cc6c8ccccc8c8ccccc8c6cc57)cc4c4ccccc4c2c1)sc1cc2c4ccccc4c4ccccc4c2cc13. The minimum absolute atomic E-state index is 0.832. The van der Waals surface area contributed by atoms with Gasteiger partial charge in [-0.1, -0.05) is 158 Å². The summed E-state index contributed by atoms with van der Waals surface area (Å²) in [6, 6.07) is 94.2. The molecule has 0 aliphatic carbocycles. The summed E-state index contributed by atoms with van der Waals surface area (Å²) in [5, 5.41) is 27.5. The molecule has 388 valence electrons. The van der Waals surface area contributed by atoms with Crippen molar-refractivity contribution in [1.82, 2.24) is 0 Å². The zero-order chi connectivity index (χ0) is 54.5. The summed E-state index contributed by atoms with van der Waals surface area (Å²) in [5.41, 5.74) is 6.23. The number of ether oxygens (including phenoxy) is 2. The maximum atomic E-state index is 6.92. The molecule has 0 fully saturated rings. The molecule has 6 heteroatoms. The summed E-state index contributed by atoms with van der Waals surface area (Å²) >= 11 is 3.72. The van der Waals surface area contributed by atoms with Crippen molar-refractivity contribution in [1.29, 1.82) is 0 Å². The number of hydrogen-bond donors (Lipinski definition) is 0. The van der Waals surface area contributed by atoms with E-state index in [2.05, 4.69) is 265 Å². The molecule has 0 unspecified atom stereocenters. The molecule has 0 amide bonds. The van der Waals surface area contributed by atoms with E-state index in [-0.39, 0.29) is 0 Å². The monoisotopic (exact) mass is 1100 g/mol. The van der Waals surface area contributed by atoms with Crippen LogP contribution in [0.1, 0.15) is 0 Å². The highest BCUT2D eigenvalue weighted by atomic mass is 32.1. The first kappa shape index (κ1) is 45.2. The van der Waals surface area contributed by atoms with Crippen molar-refractivity contribution in [2.75, 3.05) is 9.80 Å². The quantitative estimate of drug-likeness (QED) is 0.161. The molecule has 0 N–H and O–H groups in total. The second-order valence-corrected chi connectivity index (χ2v) is 24.8. The molecule has 4 heterocycles. The smallest absolute Gasteiger partial charge is 0.152 e. The molecule has 0 saturated carbocycles. The lowest BCUT2D eigenvalue weighted by Gasteiger charge is -2.33. The molecule has 0 bridgehead atoms. The molecular weight excluding hydrogens is 1060 g/mol. The van der Waals surface area contributed by atoms with Gasteiger partial charge in [0.2, 0.25) is 0 Å². The number of hydrogen-bond acceptors (Lipinski definition) is 6. The molecule has 20 rings (SSSR count). The van der Waals surface area contributed by atoms with Crippen molar-refractivity contribution in [3.8, 4) is 23.0 Å². The van der Waals surface area contributed by atoms with Crippen molar-refractivity contribution in [3.63, 3.8) is 0 Å². The number of para-hydroxylation sites is 4. The largest absolute Gasteiger partial charge is 0.453 e. The summed E-state index contributed by atoms with van der Waals surface area (Å²) < 4.78 is 18.8. The maximum Gasteiger partial charge on any atom is 0.152 e. The molecule has 4 nitrogen and oxygen atoms in total. The van der Waals surface area contributed by atoms with E-state index >= 15 is 0 Å². The molecule has 2 aromatic heterocycles. The average Bonchev–Trinajstić information content (AvgIpc) is 2.19. The maximum absolute atomic E-state index is 6.92. The number of nitrogens with zero attached hydrogens (tertiary/aromatic N) is 2. The molecule has 0 spiro atoms. The van der Waals surface area contributed by atoms with E-state index in [0.717, 1.165) is 57.1 Å². The van der Waals surface area contributed by atoms with Crippen molar-refractivity contribution in [3.05, 3.63) is 255 Å². The van der Waals surface area contributed by atoms with Crippen molar-refractivity contribution in [2.45, 2.75) is 0 Å². The van der Waals surface area contributed by atoms with E-state index in [9.17, 15) is 0 Å². The molecule has 0 atom stereocenters. The standard InChI is InChI=1S/C78H42N2O2S2/c1-5-19-49-45(15-1)47-17-3-7-21-51(47)61-39-75-63(35-59(49)61)65-37-73-69(41-77(65)83-75)79(67-25-11-13-27-71(67)81-73)43-29-31-55-56-32-30-44(34-58(56)54-24-10-9-23-53(54)57(55)33-43)80-68-26-12-14-28-72(68)82-74-38-66-64-36-60-50-20-6-2-16-46(50)48-18-4-8-22-52(48)62(60)40-76(64)84-78(66)42-70(74)80/h1-42H. The van der Waals surface area contributed by atoms with Crippen molar-refractivity contribution in [2.24, 2.45) is 0 Å². The van der Waals surface area contributed by atoms with Gasteiger partial charge in [-0.25, -0.2) is 0 Å². The second kappa shape index (κ2) is 16.6. The first-order valence-corrected chi connectivity index (χ1v) is 30.2. The van der Waals surface area contributed by atoms with E-state index in [4.69, 9.17) is 9.47 Å². The minimum Gasteiger partial charge on any atom is -0.453 e. The zero-order valence-electron chi connectivity index (χ0n) is 44.8. The van der Waals surface area contributed by atoms with Crippen molar-refractivity contribution >= 4 is 194 Å². The Balaban J connectivity index is 0.743. The van der Waals surface area contributed by atoms with Crippen LogP contribution in [0.4, 0.5) is 34.1 Å². The van der Waals surface area contributed by atoms with Crippen LogP contribution in [0.3, 0.4) is 0 Å². The lowest BCUT2D eigenvalue weighted by molar-refractivity contribution is 0.477. The van der Waals surface area contributed by atoms with Gasteiger partial charge in [0.1, 0.15) is 0 Å². The van der Waals surface area contributed by atoms with Gasteiger partial charge in [0, 0.05) is 51.7 Å². The Hall–Kier alpha value is -10.5. The molecule has 18 aromatic rings. The Morgan fingerprint density at radius 3 is 0.833 bits per heavy atom. The molecule has 2 aliphatic rings. The Bertz CT molecular complexity index is 5650. The van der Waals surface area contributed by atoms with E-state index in [1.165, 1.54) is 137 Å². The fourth-order valence-corrected chi connectivity index (χ4v) is 16.9. The van der Waals surface area contributed by atoms with Gasteiger partial charge in [-0.2, -0.15) is 0 Å². The van der Waals surface area contributed by atoms with Gasteiger partial charge in [-0.3, -0.25) is 0 Å².